The maximum atomic E-state index is 12.2. The predicted molar refractivity (Wildman–Crippen MR) is 99.3 cm³/mol. The third-order valence-electron chi connectivity index (χ3n) is 4.20. The molecule has 7 heteroatoms. The fraction of sp³-hybridized carbons (Fsp3) is 0.400. The summed E-state index contributed by atoms with van der Waals surface area (Å²) in [6.45, 7) is 2.19. The van der Waals surface area contributed by atoms with Gasteiger partial charge in [0, 0.05) is 0 Å². The Morgan fingerprint density at radius 3 is 2.11 bits per heavy atom. The summed E-state index contributed by atoms with van der Waals surface area (Å²) < 4.78 is 36.6. The van der Waals surface area contributed by atoms with Gasteiger partial charge in [0.25, 0.3) is 10.1 Å². The molecule has 142 valence electrons. The maximum absolute atomic E-state index is 12.2. The van der Waals surface area contributed by atoms with Crippen LogP contribution in [-0.4, -0.2) is 13.0 Å². The van der Waals surface area contributed by atoms with Gasteiger partial charge in [0.2, 0.25) is 0 Å². The Morgan fingerprint density at radius 2 is 1.52 bits per heavy atom. The summed E-state index contributed by atoms with van der Waals surface area (Å²) in [7, 11) is -4.23. The van der Waals surface area contributed by atoms with E-state index >= 15 is 0 Å². The van der Waals surface area contributed by atoms with Crippen molar-refractivity contribution in [1.82, 2.24) is 0 Å². The summed E-state index contributed by atoms with van der Waals surface area (Å²) in [5.74, 6) is 0.743. The first-order chi connectivity index (χ1) is 12.4. The van der Waals surface area contributed by atoms with Crippen molar-refractivity contribution in [3.05, 3.63) is 48.0 Å². The molecule has 0 radical (unpaired) electrons. The average molecular weight is 400 g/mol. The molecule has 2 aromatic rings. The van der Waals surface area contributed by atoms with Gasteiger partial charge in [-0.25, -0.2) is 0 Å². The van der Waals surface area contributed by atoms with Gasteiger partial charge in [-0.15, -0.1) is 5.75 Å². The molecule has 0 spiro atoms. The second-order valence-corrected chi connectivity index (χ2v) is 7.76. The summed E-state index contributed by atoms with van der Waals surface area (Å²) >= 11 is 0. The van der Waals surface area contributed by atoms with E-state index in [0.29, 0.717) is 11.5 Å². The summed E-state index contributed by atoms with van der Waals surface area (Å²) in [6.07, 6.45) is 7.88. The van der Waals surface area contributed by atoms with E-state index in [1.54, 1.807) is 12.1 Å². The van der Waals surface area contributed by atoms with Gasteiger partial charge < -0.3 is 9.84 Å². The first-order valence-corrected chi connectivity index (χ1v) is 10.4. The van der Waals surface area contributed by atoms with Crippen molar-refractivity contribution in [2.45, 2.75) is 56.8 Å². The van der Waals surface area contributed by atoms with Crippen LogP contribution >= 0.6 is 0 Å². The first kappa shape index (κ1) is 24.0. The third kappa shape index (κ3) is 8.23. The zero-order valence-corrected chi connectivity index (χ0v) is 18.8. The smallest absolute Gasteiger partial charge is 0.872 e. The molecule has 0 heterocycles. The molecule has 0 fully saturated rings. The van der Waals surface area contributed by atoms with Crippen LogP contribution in [-0.2, 0) is 16.5 Å². The second kappa shape index (κ2) is 11.7. The molecule has 0 aromatic heterocycles. The Bertz CT molecular complexity index is 804. The molecule has 5 nitrogen and oxygen atoms in total. The molecule has 2 aromatic carbocycles. The average Bonchev–Trinajstić information content (AvgIpc) is 2.59. The molecule has 27 heavy (non-hydrogen) atoms. The molecule has 0 saturated carbocycles. The van der Waals surface area contributed by atoms with Crippen LogP contribution in [0.5, 0.6) is 17.2 Å². The van der Waals surface area contributed by atoms with Gasteiger partial charge in [-0.3, -0.25) is 4.55 Å². The van der Waals surface area contributed by atoms with E-state index in [1.165, 1.54) is 56.0 Å². The zero-order chi connectivity index (χ0) is 19.0. The van der Waals surface area contributed by atoms with Gasteiger partial charge in [0.15, 0.2) is 0 Å². The van der Waals surface area contributed by atoms with E-state index < -0.39 is 10.1 Å². The summed E-state index contributed by atoms with van der Waals surface area (Å²) in [5.41, 5.74) is 0.787. The number of aryl methyl sites for hydroxylation is 1. The topological polar surface area (TPSA) is 86.7 Å². The van der Waals surface area contributed by atoms with Gasteiger partial charge in [-0.1, -0.05) is 50.7 Å². The van der Waals surface area contributed by atoms with Crippen molar-refractivity contribution >= 4 is 10.1 Å². The molecule has 0 bridgehead atoms. The Balaban J connectivity index is 0.00000364. The molecule has 1 N–H and O–H groups in total. The van der Waals surface area contributed by atoms with E-state index in [4.69, 9.17) is 9.29 Å². The molecular formula is C20H25NaO5S. The van der Waals surface area contributed by atoms with Crippen molar-refractivity contribution in [3.8, 4) is 17.2 Å². The molecule has 0 unspecified atom stereocenters. The standard InChI is InChI=1S/C20H26O5S.Na/c1-2-3-4-5-6-7-8-16-9-10-18(15-20(16)21)25-17-11-13-19(14-12-17)26(22,23)24;/h9-15,21H,2-8H2,1H3,(H,22,23,24);/q;+1/p-1. The number of hydrogen-bond donors (Lipinski definition) is 1. The molecule has 0 aliphatic heterocycles. The predicted octanol–water partition coefficient (Wildman–Crippen LogP) is 1.71. The Morgan fingerprint density at radius 1 is 0.926 bits per heavy atom. The van der Waals surface area contributed by atoms with E-state index in [-0.39, 0.29) is 40.2 Å². The minimum absolute atomic E-state index is 0. The van der Waals surface area contributed by atoms with Crippen LogP contribution < -0.4 is 39.4 Å². The summed E-state index contributed by atoms with van der Waals surface area (Å²) in [6, 6.07) is 10.3. The van der Waals surface area contributed by atoms with Crippen molar-refractivity contribution < 1.29 is 52.4 Å². The number of hydrogen-bond acceptors (Lipinski definition) is 4. The minimum Gasteiger partial charge on any atom is -0.872 e. The van der Waals surface area contributed by atoms with Gasteiger partial charge >= 0.3 is 29.6 Å². The van der Waals surface area contributed by atoms with Crippen LogP contribution in [0.1, 0.15) is 51.0 Å². The van der Waals surface area contributed by atoms with Gasteiger partial charge in [0.05, 0.1) is 4.90 Å². The fourth-order valence-electron chi connectivity index (χ4n) is 2.72. The molecule has 0 saturated heterocycles. The van der Waals surface area contributed by atoms with Crippen LogP contribution in [0.4, 0.5) is 0 Å². The SMILES string of the molecule is CCCCCCCCc1ccc(Oc2ccc(S(=O)(=O)O)cc2)cc1[O-].[Na+]. The zero-order valence-electron chi connectivity index (χ0n) is 16.0. The van der Waals surface area contributed by atoms with Gasteiger partial charge in [-0.05, 0) is 49.2 Å². The van der Waals surface area contributed by atoms with Crippen LogP contribution in [0.25, 0.3) is 0 Å². The van der Waals surface area contributed by atoms with Crippen molar-refractivity contribution in [2.24, 2.45) is 0 Å². The van der Waals surface area contributed by atoms with Crippen LogP contribution in [0.3, 0.4) is 0 Å². The van der Waals surface area contributed by atoms with Crippen LogP contribution in [0, 0.1) is 0 Å². The van der Waals surface area contributed by atoms with E-state index in [2.05, 4.69) is 6.92 Å². The number of unbranched alkanes of at least 4 members (excludes halogenated alkanes) is 5. The second-order valence-electron chi connectivity index (χ2n) is 6.34. The number of benzene rings is 2. The molecular weight excluding hydrogens is 375 g/mol. The van der Waals surface area contributed by atoms with Crippen molar-refractivity contribution in [2.75, 3.05) is 0 Å². The van der Waals surface area contributed by atoms with Crippen molar-refractivity contribution in [1.29, 1.82) is 0 Å². The van der Waals surface area contributed by atoms with E-state index in [9.17, 15) is 13.5 Å². The normalized spacial score (nSPS) is 11.0. The molecule has 0 atom stereocenters. The summed E-state index contributed by atoms with van der Waals surface area (Å²) in [5, 5.41) is 12.2. The Kier molecular flexibility index (Phi) is 10.4. The fourth-order valence-corrected chi connectivity index (χ4v) is 3.20. The monoisotopic (exact) mass is 400 g/mol. The molecule has 0 aliphatic carbocycles. The van der Waals surface area contributed by atoms with Crippen molar-refractivity contribution in [3.63, 3.8) is 0 Å². The largest absolute Gasteiger partial charge is 1.00 e. The van der Waals surface area contributed by atoms with Crippen LogP contribution in [0.15, 0.2) is 47.4 Å². The molecule has 2 rings (SSSR count). The van der Waals surface area contributed by atoms with Gasteiger partial charge in [-0.2, -0.15) is 8.42 Å². The van der Waals surface area contributed by atoms with Crippen LogP contribution in [0.2, 0.25) is 0 Å². The first-order valence-electron chi connectivity index (χ1n) is 8.95. The molecule has 0 amide bonds. The maximum Gasteiger partial charge on any atom is 1.00 e. The minimum atomic E-state index is -4.23. The Hall–Kier alpha value is -1.05. The van der Waals surface area contributed by atoms with E-state index in [1.807, 2.05) is 0 Å². The quantitative estimate of drug-likeness (QED) is 0.373. The molecule has 0 aliphatic rings. The number of ether oxygens (including phenoxy) is 1. The van der Waals surface area contributed by atoms with Gasteiger partial charge in [0.1, 0.15) is 11.5 Å². The van der Waals surface area contributed by atoms with E-state index in [0.717, 1.165) is 24.8 Å². The number of rotatable bonds is 10. The third-order valence-corrected chi connectivity index (χ3v) is 5.06. The summed E-state index contributed by atoms with van der Waals surface area (Å²) in [4.78, 5) is -0.205. The Labute approximate surface area is 183 Å².